The van der Waals surface area contributed by atoms with E-state index in [2.05, 4.69) is 0 Å². The van der Waals surface area contributed by atoms with Crippen LogP contribution in [0.2, 0.25) is 5.02 Å². The number of halogens is 1. The van der Waals surface area contributed by atoms with Crippen molar-refractivity contribution in [1.82, 2.24) is 0 Å². The number of sulfone groups is 1. The van der Waals surface area contributed by atoms with Gasteiger partial charge in [-0.15, -0.1) is 0 Å². The van der Waals surface area contributed by atoms with Gasteiger partial charge in [-0.2, -0.15) is 0 Å². The Kier molecular flexibility index (Phi) is 4.67. The van der Waals surface area contributed by atoms with E-state index in [-0.39, 0.29) is 27.3 Å². The van der Waals surface area contributed by atoms with Crippen molar-refractivity contribution >= 4 is 27.4 Å². The summed E-state index contributed by atoms with van der Waals surface area (Å²) < 4.78 is 29.9. The quantitative estimate of drug-likeness (QED) is 0.901. The molecule has 0 aliphatic carbocycles. The Morgan fingerprint density at radius 1 is 1.45 bits per heavy atom. The summed E-state index contributed by atoms with van der Waals surface area (Å²) in [6, 6.07) is 3.68. The van der Waals surface area contributed by atoms with Gasteiger partial charge in [0.25, 0.3) is 0 Å². The van der Waals surface area contributed by atoms with Crippen LogP contribution in [0.1, 0.15) is 29.6 Å². The molecule has 0 spiro atoms. The maximum absolute atomic E-state index is 12.3. The highest BCUT2D eigenvalue weighted by atomic mass is 35.5. The molecule has 0 amide bonds. The van der Waals surface area contributed by atoms with Gasteiger partial charge in [0.15, 0.2) is 9.84 Å². The molecular weight excluding hydrogens is 304 g/mol. The zero-order chi connectivity index (χ0) is 14.8. The Morgan fingerprint density at radius 3 is 2.80 bits per heavy atom. The Labute approximate surface area is 122 Å². The number of hydrogen-bond donors (Lipinski definition) is 1. The first-order chi connectivity index (χ1) is 9.40. The van der Waals surface area contributed by atoms with Crippen molar-refractivity contribution in [2.75, 3.05) is 12.4 Å². The van der Waals surface area contributed by atoms with E-state index in [1.165, 1.54) is 12.1 Å². The summed E-state index contributed by atoms with van der Waals surface area (Å²) in [6.45, 7) is 0.667. The minimum absolute atomic E-state index is 0.0359. The lowest BCUT2D eigenvalue weighted by Crippen LogP contribution is -2.15. The minimum Gasteiger partial charge on any atom is -0.478 e. The molecule has 110 valence electrons. The zero-order valence-electron chi connectivity index (χ0n) is 10.7. The molecule has 1 heterocycles. The van der Waals surface area contributed by atoms with Crippen LogP contribution in [0.15, 0.2) is 23.1 Å². The second-order valence-electron chi connectivity index (χ2n) is 4.69. The maximum Gasteiger partial charge on any atom is 0.335 e. The molecule has 0 saturated carbocycles. The van der Waals surface area contributed by atoms with Crippen LogP contribution in [0.3, 0.4) is 0 Å². The van der Waals surface area contributed by atoms with Gasteiger partial charge in [-0.25, -0.2) is 13.2 Å². The lowest BCUT2D eigenvalue weighted by molar-refractivity contribution is 0.0696. The van der Waals surface area contributed by atoms with Crippen LogP contribution in [0.25, 0.3) is 0 Å². The Morgan fingerprint density at radius 2 is 2.20 bits per heavy atom. The van der Waals surface area contributed by atoms with E-state index >= 15 is 0 Å². The Bertz CT molecular complexity index is 605. The molecule has 0 aromatic heterocycles. The van der Waals surface area contributed by atoms with Crippen LogP contribution in [0.4, 0.5) is 0 Å². The summed E-state index contributed by atoms with van der Waals surface area (Å²) in [7, 11) is -3.61. The summed E-state index contributed by atoms with van der Waals surface area (Å²) in [5, 5.41) is 8.95. The number of carboxylic acids is 1. The third-order valence-corrected chi connectivity index (χ3v) is 5.47. The molecule has 1 aromatic carbocycles. The molecule has 20 heavy (non-hydrogen) atoms. The van der Waals surface area contributed by atoms with Crippen molar-refractivity contribution in [3.8, 4) is 0 Å². The van der Waals surface area contributed by atoms with Crippen LogP contribution in [0, 0.1) is 0 Å². The summed E-state index contributed by atoms with van der Waals surface area (Å²) in [5.74, 6) is -1.28. The lowest BCUT2D eigenvalue weighted by atomic mass is 10.2. The van der Waals surface area contributed by atoms with Gasteiger partial charge in [0, 0.05) is 6.61 Å². The number of hydrogen-bond acceptors (Lipinski definition) is 4. The monoisotopic (exact) mass is 318 g/mol. The van der Waals surface area contributed by atoms with E-state index in [1.54, 1.807) is 0 Å². The number of ether oxygens (including phenoxy) is 1. The highest BCUT2D eigenvalue weighted by molar-refractivity contribution is 7.91. The smallest absolute Gasteiger partial charge is 0.335 e. The predicted octanol–water partition coefficient (Wildman–Crippen LogP) is 2.38. The normalized spacial score (nSPS) is 19.1. The van der Waals surface area contributed by atoms with Gasteiger partial charge in [-0.05, 0) is 37.5 Å². The molecular formula is C13H15ClO5S. The molecule has 0 radical (unpaired) electrons. The molecule has 1 aliphatic rings. The Balaban J connectivity index is 2.19. The van der Waals surface area contributed by atoms with Gasteiger partial charge in [-0.1, -0.05) is 11.6 Å². The molecule has 1 fully saturated rings. The number of carboxylic acid groups (broad SMARTS) is 1. The molecule has 1 saturated heterocycles. The van der Waals surface area contributed by atoms with Crippen LogP contribution >= 0.6 is 11.6 Å². The van der Waals surface area contributed by atoms with Crippen molar-refractivity contribution in [2.45, 2.75) is 30.3 Å². The van der Waals surface area contributed by atoms with Crippen molar-refractivity contribution in [1.29, 1.82) is 0 Å². The van der Waals surface area contributed by atoms with Gasteiger partial charge in [0.1, 0.15) is 0 Å². The molecule has 1 unspecified atom stereocenters. The molecule has 1 aliphatic heterocycles. The van der Waals surface area contributed by atoms with E-state index in [0.29, 0.717) is 13.0 Å². The van der Waals surface area contributed by atoms with Crippen molar-refractivity contribution < 1.29 is 23.1 Å². The first-order valence-electron chi connectivity index (χ1n) is 6.27. The molecule has 1 N–H and O–H groups in total. The van der Waals surface area contributed by atoms with E-state index in [4.69, 9.17) is 21.4 Å². The highest BCUT2D eigenvalue weighted by Crippen LogP contribution is 2.26. The van der Waals surface area contributed by atoms with Gasteiger partial charge < -0.3 is 9.84 Å². The van der Waals surface area contributed by atoms with E-state index < -0.39 is 15.8 Å². The average molecular weight is 319 g/mol. The van der Waals surface area contributed by atoms with Crippen LogP contribution in [0.5, 0.6) is 0 Å². The van der Waals surface area contributed by atoms with Gasteiger partial charge in [0.2, 0.25) is 0 Å². The highest BCUT2D eigenvalue weighted by Gasteiger charge is 2.23. The summed E-state index contributed by atoms with van der Waals surface area (Å²) in [6.07, 6.45) is 2.17. The standard InChI is InChI=1S/C13H15ClO5S/c14-11-4-3-9(13(15)16)8-12(11)20(17,18)7-5-10-2-1-6-19-10/h3-4,8,10H,1-2,5-7H2,(H,15,16). The third kappa shape index (κ3) is 3.50. The average Bonchev–Trinajstić information content (AvgIpc) is 2.89. The fourth-order valence-electron chi connectivity index (χ4n) is 2.14. The van der Waals surface area contributed by atoms with Gasteiger partial charge in [0.05, 0.1) is 27.3 Å². The van der Waals surface area contributed by atoms with Gasteiger partial charge in [-0.3, -0.25) is 0 Å². The van der Waals surface area contributed by atoms with E-state index in [0.717, 1.165) is 18.9 Å². The van der Waals surface area contributed by atoms with E-state index in [1.807, 2.05) is 0 Å². The SMILES string of the molecule is O=C(O)c1ccc(Cl)c(S(=O)(=O)CCC2CCCO2)c1. The second-order valence-corrected chi connectivity index (χ2v) is 7.18. The molecule has 1 atom stereocenters. The number of benzene rings is 1. The molecule has 7 heteroatoms. The first kappa shape index (κ1) is 15.3. The topological polar surface area (TPSA) is 80.7 Å². The summed E-state index contributed by atoms with van der Waals surface area (Å²) in [5.41, 5.74) is -0.0925. The zero-order valence-corrected chi connectivity index (χ0v) is 12.3. The van der Waals surface area contributed by atoms with Gasteiger partial charge >= 0.3 is 5.97 Å². The molecule has 0 bridgehead atoms. The second kappa shape index (κ2) is 6.11. The first-order valence-corrected chi connectivity index (χ1v) is 8.30. The number of aromatic carboxylic acids is 1. The maximum atomic E-state index is 12.3. The van der Waals surface area contributed by atoms with Crippen LogP contribution in [-0.4, -0.2) is 38.0 Å². The summed E-state index contributed by atoms with van der Waals surface area (Å²) >= 11 is 5.88. The lowest BCUT2D eigenvalue weighted by Gasteiger charge is -2.11. The molecule has 2 rings (SSSR count). The van der Waals surface area contributed by atoms with E-state index in [9.17, 15) is 13.2 Å². The Hall–Kier alpha value is -1.11. The van der Waals surface area contributed by atoms with Crippen LogP contribution < -0.4 is 0 Å². The van der Waals surface area contributed by atoms with Crippen molar-refractivity contribution in [3.05, 3.63) is 28.8 Å². The van der Waals surface area contributed by atoms with Crippen molar-refractivity contribution in [3.63, 3.8) is 0 Å². The summed E-state index contributed by atoms with van der Waals surface area (Å²) in [4.78, 5) is 10.8. The fraction of sp³-hybridized carbons (Fsp3) is 0.462. The molecule has 5 nitrogen and oxygen atoms in total. The minimum atomic E-state index is -3.61. The van der Waals surface area contributed by atoms with Crippen LogP contribution in [-0.2, 0) is 14.6 Å². The third-order valence-electron chi connectivity index (χ3n) is 3.25. The fourth-order valence-corrected chi connectivity index (χ4v) is 4.08. The van der Waals surface area contributed by atoms with Crippen molar-refractivity contribution in [2.24, 2.45) is 0 Å². The number of carbonyl (C=O) groups is 1. The largest absolute Gasteiger partial charge is 0.478 e. The predicted molar refractivity (Wildman–Crippen MR) is 74.1 cm³/mol. The number of rotatable bonds is 5. The molecule has 1 aromatic rings.